The molecule has 110 valence electrons. The van der Waals surface area contributed by atoms with E-state index >= 15 is 0 Å². The van der Waals surface area contributed by atoms with Gasteiger partial charge in [0.15, 0.2) is 11.5 Å². The summed E-state index contributed by atoms with van der Waals surface area (Å²) in [7, 11) is 1.52. The number of esters is 1. The quantitative estimate of drug-likeness (QED) is 0.613. The number of benzene rings is 1. The number of methoxy groups -OCH3 is 1. The van der Waals surface area contributed by atoms with Gasteiger partial charge in [-0.25, -0.2) is 0 Å². The van der Waals surface area contributed by atoms with E-state index in [2.05, 4.69) is 0 Å². The van der Waals surface area contributed by atoms with Crippen molar-refractivity contribution in [1.82, 2.24) is 0 Å². The largest absolute Gasteiger partial charge is 0.504 e. The van der Waals surface area contributed by atoms with E-state index < -0.39 is 0 Å². The molecular formula is C16H22O4. The van der Waals surface area contributed by atoms with Crippen molar-refractivity contribution in [2.45, 2.75) is 32.6 Å². The molecule has 0 aliphatic rings. The van der Waals surface area contributed by atoms with Crippen molar-refractivity contribution in [1.29, 1.82) is 0 Å². The summed E-state index contributed by atoms with van der Waals surface area (Å²) in [4.78, 5) is 11.5. The lowest BCUT2D eigenvalue weighted by atomic mass is 9.92. The van der Waals surface area contributed by atoms with Crippen LogP contribution in [0.2, 0.25) is 0 Å². The van der Waals surface area contributed by atoms with Crippen LogP contribution in [-0.2, 0) is 9.53 Å². The number of rotatable bonds is 7. The summed E-state index contributed by atoms with van der Waals surface area (Å²) in [5, 5.41) is 10.2. The van der Waals surface area contributed by atoms with Gasteiger partial charge in [-0.15, -0.1) is 0 Å². The van der Waals surface area contributed by atoms with Gasteiger partial charge in [0, 0.05) is 17.9 Å². The maximum atomic E-state index is 11.5. The number of para-hydroxylation sites is 1. The topological polar surface area (TPSA) is 55.8 Å². The molecule has 20 heavy (non-hydrogen) atoms. The lowest BCUT2D eigenvalue weighted by Crippen LogP contribution is -2.06. The van der Waals surface area contributed by atoms with E-state index in [9.17, 15) is 9.90 Å². The Morgan fingerprint density at radius 2 is 2.20 bits per heavy atom. The molecule has 0 amide bonds. The predicted octanol–water partition coefficient (Wildman–Crippen LogP) is 3.40. The fraction of sp³-hybridized carbons (Fsp3) is 0.438. The highest BCUT2D eigenvalue weighted by Gasteiger charge is 2.17. The van der Waals surface area contributed by atoms with E-state index in [4.69, 9.17) is 9.47 Å². The summed E-state index contributed by atoms with van der Waals surface area (Å²) in [5.41, 5.74) is 0.756. The van der Waals surface area contributed by atoms with Crippen LogP contribution in [0.5, 0.6) is 11.5 Å². The normalized spacial score (nSPS) is 12.3. The van der Waals surface area contributed by atoms with Gasteiger partial charge in [-0.05, 0) is 26.3 Å². The van der Waals surface area contributed by atoms with Crippen LogP contribution in [0.4, 0.5) is 0 Å². The molecule has 0 bridgehead atoms. The molecule has 1 N–H and O–H groups in total. The van der Waals surface area contributed by atoms with Crippen LogP contribution in [-0.4, -0.2) is 24.8 Å². The number of phenolic OH excluding ortho intramolecular Hbond substituents is 1. The second kappa shape index (κ2) is 8.25. The third kappa shape index (κ3) is 4.30. The van der Waals surface area contributed by atoms with Crippen LogP contribution >= 0.6 is 0 Å². The average molecular weight is 278 g/mol. The van der Waals surface area contributed by atoms with Gasteiger partial charge in [0.05, 0.1) is 13.7 Å². The summed E-state index contributed by atoms with van der Waals surface area (Å²) < 4.78 is 10.0. The van der Waals surface area contributed by atoms with Gasteiger partial charge in [-0.1, -0.05) is 24.3 Å². The van der Waals surface area contributed by atoms with E-state index in [1.807, 2.05) is 31.2 Å². The van der Waals surface area contributed by atoms with Crippen molar-refractivity contribution in [3.8, 4) is 11.5 Å². The average Bonchev–Trinajstić information content (AvgIpc) is 2.44. The van der Waals surface area contributed by atoms with Crippen LogP contribution in [0.25, 0.3) is 0 Å². The molecule has 1 aromatic rings. The Bertz CT molecular complexity index is 466. The molecule has 0 aliphatic heterocycles. The summed E-state index contributed by atoms with van der Waals surface area (Å²) in [6.07, 6.45) is 4.78. The first-order valence-electron chi connectivity index (χ1n) is 6.78. The van der Waals surface area contributed by atoms with Crippen LogP contribution in [0.15, 0.2) is 30.4 Å². The molecule has 0 saturated carbocycles. The zero-order chi connectivity index (χ0) is 15.0. The first-order chi connectivity index (χ1) is 9.63. The van der Waals surface area contributed by atoms with Crippen molar-refractivity contribution < 1.29 is 19.4 Å². The minimum absolute atomic E-state index is 0.0421. The van der Waals surface area contributed by atoms with Gasteiger partial charge in [0.2, 0.25) is 0 Å². The Kier molecular flexibility index (Phi) is 6.64. The molecule has 4 nitrogen and oxygen atoms in total. The molecule has 0 unspecified atom stereocenters. The molecule has 0 radical (unpaired) electrons. The fourth-order valence-corrected chi connectivity index (χ4v) is 2.10. The molecule has 0 spiro atoms. The van der Waals surface area contributed by atoms with Gasteiger partial charge >= 0.3 is 5.97 Å². The van der Waals surface area contributed by atoms with Crippen LogP contribution in [0.3, 0.4) is 0 Å². The second-order valence-corrected chi connectivity index (χ2v) is 4.37. The molecular weight excluding hydrogens is 256 g/mol. The lowest BCUT2D eigenvalue weighted by Gasteiger charge is -2.16. The van der Waals surface area contributed by atoms with Crippen LogP contribution in [0.1, 0.15) is 38.2 Å². The Labute approximate surface area is 120 Å². The third-order valence-corrected chi connectivity index (χ3v) is 3.04. The second-order valence-electron chi connectivity index (χ2n) is 4.37. The number of aromatic hydroxyl groups is 1. The number of hydrogen-bond acceptors (Lipinski definition) is 4. The Hall–Kier alpha value is -1.97. The molecule has 1 atom stereocenters. The molecule has 1 aromatic carbocycles. The molecule has 0 heterocycles. The van der Waals surface area contributed by atoms with Crippen LogP contribution < -0.4 is 4.74 Å². The highest BCUT2D eigenvalue weighted by atomic mass is 16.5. The number of ether oxygens (including phenoxy) is 2. The fourth-order valence-electron chi connectivity index (χ4n) is 2.10. The van der Waals surface area contributed by atoms with Crippen molar-refractivity contribution in [3.05, 3.63) is 35.9 Å². The van der Waals surface area contributed by atoms with Crippen molar-refractivity contribution in [3.63, 3.8) is 0 Å². The van der Waals surface area contributed by atoms with Gasteiger partial charge in [0.25, 0.3) is 0 Å². The monoisotopic (exact) mass is 278 g/mol. The number of hydrogen-bond donors (Lipinski definition) is 1. The summed E-state index contributed by atoms with van der Waals surface area (Å²) in [5.74, 6) is 0.305. The molecule has 0 saturated heterocycles. The molecule has 0 aromatic heterocycles. The third-order valence-electron chi connectivity index (χ3n) is 3.04. The summed E-state index contributed by atoms with van der Waals surface area (Å²) in [6, 6.07) is 5.37. The Morgan fingerprint density at radius 1 is 1.45 bits per heavy atom. The van der Waals surface area contributed by atoms with E-state index in [1.165, 1.54) is 7.11 Å². The smallest absolute Gasteiger partial charge is 0.305 e. The van der Waals surface area contributed by atoms with E-state index in [-0.39, 0.29) is 17.6 Å². The van der Waals surface area contributed by atoms with Crippen molar-refractivity contribution in [2.75, 3.05) is 13.7 Å². The maximum absolute atomic E-state index is 11.5. The molecule has 1 rings (SSSR count). The van der Waals surface area contributed by atoms with Gasteiger partial charge in [0.1, 0.15) is 0 Å². The molecule has 0 fully saturated rings. The Morgan fingerprint density at radius 3 is 2.80 bits per heavy atom. The lowest BCUT2D eigenvalue weighted by molar-refractivity contribution is -0.143. The predicted molar refractivity (Wildman–Crippen MR) is 78.1 cm³/mol. The SMILES string of the molecule is C/C=C/[C@H](CCC(=O)OCC)c1cccc(OC)c1O. The van der Waals surface area contributed by atoms with Gasteiger partial charge in [-0.2, -0.15) is 0 Å². The molecule has 4 heteroatoms. The highest BCUT2D eigenvalue weighted by molar-refractivity contribution is 5.69. The standard InChI is InChI=1S/C16H22O4/c1-4-7-12(10-11-15(17)20-5-2)13-8-6-9-14(19-3)16(13)18/h4,6-9,12,18H,5,10-11H2,1-3H3/b7-4+/t12-/m1/s1. The van der Waals surface area contributed by atoms with Gasteiger partial charge in [-0.3, -0.25) is 4.79 Å². The van der Waals surface area contributed by atoms with E-state index in [0.29, 0.717) is 25.2 Å². The Balaban J connectivity index is 2.88. The molecule has 0 aliphatic carbocycles. The highest BCUT2D eigenvalue weighted by Crippen LogP contribution is 2.36. The number of carbonyl (C=O) groups excluding carboxylic acids is 1. The van der Waals surface area contributed by atoms with Crippen LogP contribution in [0, 0.1) is 0 Å². The van der Waals surface area contributed by atoms with Gasteiger partial charge < -0.3 is 14.6 Å². The first kappa shape index (κ1) is 16.1. The zero-order valence-corrected chi connectivity index (χ0v) is 12.3. The van der Waals surface area contributed by atoms with E-state index in [0.717, 1.165) is 5.56 Å². The van der Waals surface area contributed by atoms with E-state index in [1.54, 1.807) is 13.0 Å². The van der Waals surface area contributed by atoms with Crippen molar-refractivity contribution >= 4 is 5.97 Å². The summed E-state index contributed by atoms with van der Waals surface area (Å²) in [6.45, 7) is 4.08. The zero-order valence-electron chi connectivity index (χ0n) is 12.3. The number of carbonyl (C=O) groups is 1. The number of phenols is 1. The first-order valence-corrected chi connectivity index (χ1v) is 6.78. The minimum atomic E-state index is -0.218. The maximum Gasteiger partial charge on any atom is 0.305 e. The van der Waals surface area contributed by atoms with Crippen molar-refractivity contribution in [2.24, 2.45) is 0 Å². The minimum Gasteiger partial charge on any atom is -0.504 e. The summed E-state index contributed by atoms with van der Waals surface area (Å²) >= 11 is 0. The number of allylic oxidation sites excluding steroid dienone is 2.